The molecule has 72 heavy (non-hydrogen) atoms. The second-order valence-electron chi connectivity index (χ2n) is 22.5. The summed E-state index contributed by atoms with van der Waals surface area (Å²) in [4.78, 5) is 24.5. The molecule has 0 bridgehead atoms. The molecule has 0 saturated heterocycles. The minimum Gasteiger partial charge on any atom is -0.466 e. The van der Waals surface area contributed by atoms with E-state index in [1.165, 1.54) is 289 Å². The lowest BCUT2D eigenvalue weighted by atomic mass is 10.0. The van der Waals surface area contributed by atoms with E-state index in [-0.39, 0.29) is 18.5 Å². The Balaban J connectivity index is 3.43. The number of carbonyl (C=O) groups is 2. The van der Waals surface area contributed by atoms with Crippen molar-refractivity contribution in [1.82, 2.24) is 5.32 Å². The number of carbonyl (C=O) groups excluding carboxylic acids is 2. The van der Waals surface area contributed by atoms with Gasteiger partial charge in [-0.3, -0.25) is 9.59 Å². The molecule has 0 fully saturated rings. The summed E-state index contributed by atoms with van der Waals surface area (Å²) >= 11 is 0. The molecule has 6 nitrogen and oxygen atoms in total. The molecule has 0 radical (unpaired) electrons. The van der Waals surface area contributed by atoms with Gasteiger partial charge in [-0.05, 0) is 57.8 Å². The van der Waals surface area contributed by atoms with Crippen molar-refractivity contribution >= 4 is 11.9 Å². The Bertz CT molecular complexity index is 1120. The summed E-state index contributed by atoms with van der Waals surface area (Å²) in [6, 6.07) is -0.630. The first-order valence-electron chi connectivity index (χ1n) is 32.6. The van der Waals surface area contributed by atoms with Crippen LogP contribution in [0.4, 0.5) is 0 Å². The van der Waals surface area contributed by atoms with Crippen LogP contribution < -0.4 is 5.32 Å². The number of nitrogens with one attached hydrogen (secondary N) is 1. The SMILES string of the molecule is CCCCC/C=C\CCCCCCCC(=O)OCCCCCCCCCCCCCCCCCCCCCCC(=O)NC(CO)C(O)/C=C/CCCCCCCCCCCCCCCCCCCCCCC. The first-order chi connectivity index (χ1) is 35.5. The highest BCUT2D eigenvalue weighted by molar-refractivity contribution is 5.76. The predicted octanol–water partition coefficient (Wildman–Crippen LogP) is 20.6. The number of allylic oxidation sites excluding steroid dienone is 3. The lowest BCUT2D eigenvalue weighted by molar-refractivity contribution is -0.143. The van der Waals surface area contributed by atoms with Crippen molar-refractivity contribution in [1.29, 1.82) is 0 Å². The fourth-order valence-corrected chi connectivity index (χ4v) is 10.2. The summed E-state index contributed by atoms with van der Waals surface area (Å²) in [6.45, 7) is 4.90. The lowest BCUT2D eigenvalue weighted by Gasteiger charge is -2.20. The van der Waals surface area contributed by atoms with Gasteiger partial charge in [-0.15, -0.1) is 0 Å². The number of aliphatic hydroxyl groups excluding tert-OH is 2. The molecule has 6 heteroatoms. The lowest BCUT2D eigenvalue weighted by Crippen LogP contribution is -2.45. The fraction of sp³-hybridized carbons (Fsp3) is 0.909. The summed E-state index contributed by atoms with van der Waals surface area (Å²) in [5, 5.41) is 23.2. The number of ether oxygens (including phenoxy) is 1. The summed E-state index contributed by atoms with van der Waals surface area (Å²) in [7, 11) is 0. The van der Waals surface area contributed by atoms with Crippen molar-refractivity contribution in [3.8, 4) is 0 Å². The molecule has 0 aliphatic heterocycles. The van der Waals surface area contributed by atoms with Gasteiger partial charge in [0.1, 0.15) is 0 Å². The van der Waals surface area contributed by atoms with E-state index in [4.69, 9.17) is 4.74 Å². The minimum atomic E-state index is -0.847. The first-order valence-corrected chi connectivity index (χ1v) is 32.6. The zero-order valence-corrected chi connectivity index (χ0v) is 48.7. The summed E-state index contributed by atoms with van der Waals surface area (Å²) < 4.78 is 5.47. The van der Waals surface area contributed by atoms with Gasteiger partial charge in [0, 0.05) is 12.8 Å². The third kappa shape index (κ3) is 57.6. The van der Waals surface area contributed by atoms with Crippen LogP contribution in [0.15, 0.2) is 24.3 Å². The standard InChI is InChI=1S/C66H127NO5/c1-3-5-7-9-11-13-15-17-18-19-20-21-22-23-26-29-32-35-38-42-46-50-54-58-64(69)63(62-68)67-65(70)59-55-51-47-43-39-36-33-30-27-24-25-28-31-34-37-41-45-49-53-57-61-72-66(71)60-56-52-48-44-40-16-14-12-10-8-6-4-2/h12,14,54,58,63-64,68-69H,3-11,13,15-53,55-57,59-62H2,1-2H3,(H,67,70)/b14-12-,58-54+. The molecule has 1 amide bonds. The van der Waals surface area contributed by atoms with E-state index in [1.807, 2.05) is 6.08 Å². The van der Waals surface area contributed by atoms with E-state index in [2.05, 4.69) is 31.3 Å². The Morgan fingerprint density at radius 3 is 1.01 bits per heavy atom. The quantitative estimate of drug-likeness (QED) is 0.0320. The van der Waals surface area contributed by atoms with Gasteiger partial charge in [-0.1, -0.05) is 314 Å². The number of esters is 1. The van der Waals surface area contributed by atoms with Crippen LogP contribution in [0.1, 0.15) is 361 Å². The molecule has 426 valence electrons. The molecule has 2 atom stereocenters. The maximum atomic E-state index is 12.5. The van der Waals surface area contributed by atoms with Crippen LogP contribution in [0.5, 0.6) is 0 Å². The van der Waals surface area contributed by atoms with Crippen LogP contribution >= 0.6 is 0 Å². The van der Waals surface area contributed by atoms with Crippen molar-refractivity contribution in [2.45, 2.75) is 373 Å². The van der Waals surface area contributed by atoms with Crippen molar-refractivity contribution in [3.05, 3.63) is 24.3 Å². The topological polar surface area (TPSA) is 95.9 Å². The Labute approximate surface area is 450 Å². The molecular formula is C66H127NO5. The van der Waals surface area contributed by atoms with Crippen LogP contribution in [0.25, 0.3) is 0 Å². The molecule has 0 saturated carbocycles. The molecule has 0 aliphatic carbocycles. The number of hydrogen-bond acceptors (Lipinski definition) is 5. The Kier molecular flexibility index (Phi) is 60.5. The van der Waals surface area contributed by atoms with Gasteiger partial charge >= 0.3 is 5.97 Å². The Morgan fingerprint density at radius 2 is 0.653 bits per heavy atom. The average molecular weight is 1010 g/mol. The Hall–Kier alpha value is -1.66. The van der Waals surface area contributed by atoms with Gasteiger partial charge in [0.2, 0.25) is 5.91 Å². The first kappa shape index (κ1) is 70.3. The molecule has 0 rings (SSSR count). The third-order valence-electron chi connectivity index (χ3n) is 15.2. The molecule has 0 aromatic rings. The van der Waals surface area contributed by atoms with Crippen molar-refractivity contribution in [3.63, 3.8) is 0 Å². The van der Waals surface area contributed by atoms with E-state index in [0.717, 1.165) is 44.9 Å². The molecule has 0 spiro atoms. The van der Waals surface area contributed by atoms with E-state index in [9.17, 15) is 19.8 Å². The van der Waals surface area contributed by atoms with Crippen molar-refractivity contribution in [2.24, 2.45) is 0 Å². The average Bonchev–Trinajstić information content (AvgIpc) is 3.38. The second-order valence-corrected chi connectivity index (χ2v) is 22.5. The van der Waals surface area contributed by atoms with Crippen LogP contribution in [0.2, 0.25) is 0 Å². The van der Waals surface area contributed by atoms with E-state index in [0.29, 0.717) is 19.4 Å². The normalized spacial score (nSPS) is 12.7. The number of rotatable bonds is 61. The molecule has 0 aliphatic rings. The van der Waals surface area contributed by atoms with Gasteiger partial charge in [0.15, 0.2) is 0 Å². The predicted molar refractivity (Wildman–Crippen MR) is 315 cm³/mol. The number of unbranched alkanes of at least 4 members (excludes halogenated alkanes) is 48. The Morgan fingerprint density at radius 1 is 0.375 bits per heavy atom. The molecule has 2 unspecified atom stereocenters. The van der Waals surface area contributed by atoms with Crippen LogP contribution in [0.3, 0.4) is 0 Å². The highest BCUT2D eigenvalue weighted by atomic mass is 16.5. The zero-order valence-electron chi connectivity index (χ0n) is 48.7. The zero-order chi connectivity index (χ0) is 52.2. The second kappa shape index (κ2) is 61.9. The molecule has 3 N–H and O–H groups in total. The van der Waals surface area contributed by atoms with Gasteiger partial charge in [0.25, 0.3) is 0 Å². The summed E-state index contributed by atoms with van der Waals surface area (Å²) in [5.74, 6) is -0.0658. The van der Waals surface area contributed by atoms with E-state index in [1.54, 1.807) is 6.08 Å². The molecule has 0 aromatic carbocycles. The highest BCUT2D eigenvalue weighted by Crippen LogP contribution is 2.18. The summed E-state index contributed by atoms with van der Waals surface area (Å²) in [6.07, 6.45) is 76.6. The monoisotopic (exact) mass is 1010 g/mol. The van der Waals surface area contributed by atoms with Crippen molar-refractivity contribution in [2.75, 3.05) is 13.2 Å². The molecular weight excluding hydrogens is 887 g/mol. The van der Waals surface area contributed by atoms with Gasteiger partial charge < -0.3 is 20.3 Å². The fourth-order valence-electron chi connectivity index (χ4n) is 10.2. The van der Waals surface area contributed by atoms with E-state index < -0.39 is 12.1 Å². The smallest absolute Gasteiger partial charge is 0.305 e. The number of aliphatic hydroxyl groups is 2. The highest BCUT2D eigenvalue weighted by Gasteiger charge is 2.18. The largest absolute Gasteiger partial charge is 0.466 e. The maximum Gasteiger partial charge on any atom is 0.305 e. The van der Waals surface area contributed by atoms with Crippen molar-refractivity contribution < 1.29 is 24.5 Å². The number of amides is 1. The number of hydrogen-bond donors (Lipinski definition) is 3. The van der Waals surface area contributed by atoms with E-state index >= 15 is 0 Å². The third-order valence-corrected chi connectivity index (χ3v) is 15.2. The van der Waals surface area contributed by atoms with Crippen LogP contribution in [-0.4, -0.2) is 47.4 Å². The minimum absolute atomic E-state index is 0.000437. The summed E-state index contributed by atoms with van der Waals surface area (Å²) in [5.41, 5.74) is 0. The van der Waals surface area contributed by atoms with Crippen LogP contribution in [0, 0.1) is 0 Å². The van der Waals surface area contributed by atoms with Gasteiger partial charge in [-0.2, -0.15) is 0 Å². The van der Waals surface area contributed by atoms with Gasteiger partial charge in [0.05, 0.1) is 25.4 Å². The van der Waals surface area contributed by atoms with Crippen LogP contribution in [-0.2, 0) is 14.3 Å². The molecule has 0 aromatic heterocycles. The van der Waals surface area contributed by atoms with Gasteiger partial charge in [-0.25, -0.2) is 0 Å². The molecule has 0 heterocycles. The maximum absolute atomic E-state index is 12.5.